The highest BCUT2D eigenvalue weighted by Crippen LogP contribution is 2.43. The smallest absolute Gasteiger partial charge is 0.246 e. The van der Waals surface area contributed by atoms with E-state index in [1.807, 2.05) is 25.3 Å². The first-order valence-electron chi connectivity index (χ1n) is 16.0. The molecule has 0 spiro atoms. The second kappa shape index (κ2) is 13.2. The summed E-state index contributed by atoms with van der Waals surface area (Å²) < 4.78 is 34.3. The Kier molecular flexibility index (Phi) is 9.68. The van der Waals surface area contributed by atoms with Crippen molar-refractivity contribution in [2.45, 2.75) is 90.6 Å². The Morgan fingerprint density at radius 3 is 2.75 bits per heavy atom. The van der Waals surface area contributed by atoms with Gasteiger partial charge in [0.1, 0.15) is 16.5 Å². The van der Waals surface area contributed by atoms with Crippen molar-refractivity contribution in [2.75, 3.05) is 25.4 Å². The molecule has 5 rings (SSSR count). The number of ether oxygens (including phenoxy) is 1. The normalized spacial score (nSPS) is 25.0. The number of nitrogens with two attached hydrogens (primary N) is 1. The summed E-state index contributed by atoms with van der Waals surface area (Å²) in [6.07, 6.45) is 11.9. The van der Waals surface area contributed by atoms with Crippen LogP contribution in [-0.4, -0.2) is 54.8 Å². The lowest BCUT2D eigenvalue weighted by Gasteiger charge is -2.34. The van der Waals surface area contributed by atoms with Gasteiger partial charge in [0.05, 0.1) is 18.4 Å². The second-order valence-corrected chi connectivity index (χ2v) is 15.3. The minimum atomic E-state index is -3.88. The van der Waals surface area contributed by atoms with Gasteiger partial charge in [0.2, 0.25) is 10.0 Å². The van der Waals surface area contributed by atoms with Gasteiger partial charge in [-0.05, 0) is 104 Å². The van der Waals surface area contributed by atoms with Crippen molar-refractivity contribution in [3.63, 3.8) is 0 Å². The predicted molar refractivity (Wildman–Crippen MR) is 177 cm³/mol. The quantitative estimate of drug-likeness (QED) is 0.339. The topological polar surface area (TPSA) is 118 Å². The van der Waals surface area contributed by atoms with Crippen molar-refractivity contribution in [3.8, 4) is 16.9 Å². The minimum Gasteiger partial charge on any atom is -0.493 e. The molecule has 3 atom stereocenters. The largest absolute Gasteiger partial charge is 0.493 e. The number of aliphatic imine (C=N–C) groups is 1. The van der Waals surface area contributed by atoms with E-state index in [1.165, 1.54) is 21.9 Å². The maximum Gasteiger partial charge on any atom is 0.246 e. The van der Waals surface area contributed by atoms with Gasteiger partial charge in [-0.3, -0.25) is 4.99 Å². The maximum atomic E-state index is 13.4. The number of sulfonamides is 1. The summed E-state index contributed by atoms with van der Waals surface area (Å²) in [6, 6.07) is 7.61. The molecule has 44 heavy (non-hydrogen) atoms. The summed E-state index contributed by atoms with van der Waals surface area (Å²) in [5.74, 6) is 1.47. The number of allylic oxidation sites excluding steroid dienone is 3. The molecule has 1 fully saturated rings. The number of rotatable bonds is 7. The molecular weight excluding hydrogens is 572 g/mol. The fraction of sp³-hybridized carbons (Fsp3) is 0.543. The Morgan fingerprint density at radius 1 is 1.25 bits per heavy atom. The van der Waals surface area contributed by atoms with Crippen molar-refractivity contribution in [2.24, 2.45) is 22.2 Å². The Morgan fingerprint density at radius 2 is 2.05 bits per heavy atom. The monoisotopic (exact) mass is 620 g/mol. The van der Waals surface area contributed by atoms with Crippen LogP contribution in [0.15, 0.2) is 63.3 Å². The number of anilines is 1. The van der Waals surface area contributed by atoms with Crippen LogP contribution in [0.2, 0.25) is 0 Å². The lowest BCUT2D eigenvalue weighted by molar-refractivity contribution is 0.189. The average molecular weight is 621 g/mol. The molecule has 1 aromatic carbocycles. The summed E-state index contributed by atoms with van der Waals surface area (Å²) in [7, 11) is -3.88. The number of aromatic nitrogens is 1. The molecule has 0 bridgehead atoms. The van der Waals surface area contributed by atoms with Crippen LogP contribution in [0.3, 0.4) is 0 Å². The fourth-order valence-corrected chi connectivity index (χ4v) is 8.42. The molecule has 9 heteroatoms. The highest BCUT2D eigenvalue weighted by atomic mass is 32.2. The van der Waals surface area contributed by atoms with E-state index >= 15 is 0 Å². The summed E-state index contributed by atoms with van der Waals surface area (Å²) in [5.41, 5.74) is 13.0. The van der Waals surface area contributed by atoms with E-state index < -0.39 is 16.1 Å². The van der Waals surface area contributed by atoms with Crippen LogP contribution in [0.25, 0.3) is 11.1 Å². The van der Waals surface area contributed by atoms with Crippen molar-refractivity contribution in [1.82, 2.24) is 9.29 Å². The molecule has 1 aromatic heterocycles. The molecule has 238 valence electrons. The Labute approximate surface area is 263 Å². The van der Waals surface area contributed by atoms with Crippen LogP contribution in [-0.2, 0) is 16.4 Å². The number of nitrogens with zero attached hydrogens (tertiary/aromatic N) is 3. The van der Waals surface area contributed by atoms with E-state index in [0.717, 1.165) is 54.7 Å². The van der Waals surface area contributed by atoms with E-state index in [2.05, 4.69) is 44.8 Å². The van der Waals surface area contributed by atoms with Gasteiger partial charge in [-0.1, -0.05) is 45.4 Å². The second-order valence-electron chi connectivity index (χ2n) is 13.4. The van der Waals surface area contributed by atoms with Gasteiger partial charge >= 0.3 is 0 Å². The zero-order valence-electron chi connectivity index (χ0n) is 26.8. The van der Waals surface area contributed by atoms with Gasteiger partial charge in [0, 0.05) is 31.1 Å². The van der Waals surface area contributed by atoms with Gasteiger partial charge in [-0.15, -0.1) is 0 Å². The van der Waals surface area contributed by atoms with Crippen molar-refractivity contribution in [1.29, 1.82) is 0 Å². The highest BCUT2D eigenvalue weighted by molar-refractivity contribution is 7.89. The molecule has 3 N–H and O–H groups in total. The van der Waals surface area contributed by atoms with E-state index in [0.29, 0.717) is 30.4 Å². The van der Waals surface area contributed by atoms with Crippen molar-refractivity contribution < 1.29 is 18.3 Å². The minimum absolute atomic E-state index is 0.0266. The Balaban J connectivity index is 1.44. The van der Waals surface area contributed by atoms with Gasteiger partial charge in [0.15, 0.2) is 0 Å². The van der Waals surface area contributed by atoms with Crippen LogP contribution in [0.1, 0.15) is 78.7 Å². The van der Waals surface area contributed by atoms with E-state index in [4.69, 9.17) is 15.5 Å². The number of nitrogen functional groups attached to an aromatic ring is 1. The molecule has 0 amide bonds. The lowest BCUT2D eigenvalue weighted by Crippen LogP contribution is -2.30. The van der Waals surface area contributed by atoms with E-state index in [-0.39, 0.29) is 29.2 Å². The van der Waals surface area contributed by atoms with Crippen molar-refractivity contribution >= 4 is 22.1 Å². The Hall–Kier alpha value is -3.01. The average Bonchev–Trinajstić information content (AvgIpc) is 3.43. The van der Waals surface area contributed by atoms with Crippen LogP contribution in [0.5, 0.6) is 5.75 Å². The zero-order chi connectivity index (χ0) is 31.6. The fourth-order valence-electron chi connectivity index (χ4n) is 6.84. The van der Waals surface area contributed by atoms with Gasteiger partial charge in [-0.25, -0.2) is 13.4 Å². The SMILES string of the molecule is CC=N/C(=C/C1CCOc2ccc(-c3cnc(N)c(S(=O)(=O)N4CCC(O)C4)c3)cc2CC1C)C1=C(CC)CCC(C)(C)C1. The summed E-state index contributed by atoms with van der Waals surface area (Å²) in [6.45, 7) is 12.2. The van der Waals surface area contributed by atoms with Gasteiger partial charge in [-0.2, -0.15) is 4.31 Å². The summed E-state index contributed by atoms with van der Waals surface area (Å²) >= 11 is 0. The third-order valence-corrected chi connectivity index (χ3v) is 11.5. The molecule has 3 aliphatic rings. The first kappa shape index (κ1) is 32.4. The van der Waals surface area contributed by atoms with Crippen LogP contribution in [0, 0.1) is 17.3 Å². The zero-order valence-corrected chi connectivity index (χ0v) is 27.7. The number of β-amino-alcohol motifs (C(OH)–C–C–N with tert-alkyl or cyclic N) is 1. The number of aliphatic hydroxyl groups excluding tert-OH is 1. The number of pyridine rings is 1. The first-order chi connectivity index (χ1) is 20.9. The molecule has 1 saturated heterocycles. The molecule has 3 unspecified atom stereocenters. The third-order valence-electron chi connectivity index (χ3n) is 9.56. The Bertz CT molecular complexity index is 1580. The number of fused-ring (bicyclic) bond motifs is 1. The van der Waals surface area contributed by atoms with Crippen molar-refractivity contribution in [3.05, 3.63) is 58.9 Å². The third kappa shape index (κ3) is 6.95. The van der Waals surface area contributed by atoms with E-state index in [9.17, 15) is 13.5 Å². The van der Waals surface area contributed by atoms with Crippen LogP contribution in [0.4, 0.5) is 5.82 Å². The molecule has 8 nitrogen and oxygen atoms in total. The van der Waals surface area contributed by atoms with Gasteiger partial charge in [0.25, 0.3) is 0 Å². The molecule has 0 saturated carbocycles. The summed E-state index contributed by atoms with van der Waals surface area (Å²) in [5, 5.41) is 9.91. The number of hydrogen-bond acceptors (Lipinski definition) is 7. The van der Waals surface area contributed by atoms with Crippen LogP contribution < -0.4 is 10.5 Å². The summed E-state index contributed by atoms with van der Waals surface area (Å²) in [4.78, 5) is 9.14. The van der Waals surface area contributed by atoms with E-state index in [1.54, 1.807) is 12.3 Å². The molecule has 0 radical (unpaired) electrons. The van der Waals surface area contributed by atoms with Gasteiger partial charge < -0.3 is 15.6 Å². The number of hydrogen-bond donors (Lipinski definition) is 2. The molecule has 2 aliphatic heterocycles. The maximum absolute atomic E-state index is 13.4. The van der Waals surface area contributed by atoms with Crippen LogP contribution >= 0.6 is 0 Å². The molecular formula is C35H48N4O4S. The molecule has 2 aromatic rings. The lowest BCUT2D eigenvalue weighted by atomic mass is 9.72. The molecule has 1 aliphatic carbocycles. The number of aliphatic hydroxyl groups is 1. The standard InChI is InChI=1S/C35H48N4O4S/c1-6-24-10-13-35(4,5)20-30(24)31(37-7-2)18-25-12-15-43-32-9-8-26(17-27(32)16-23(25)3)28-19-33(34(36)38-21-28)44(41,42)39-14-11-29(40)22-39/h7-9,17-19,21,23,25,29,40H,6,10-16,20,22H2,1-5H3,(H2,36,38)/b31-18+,37-7?. The highest BCUT2D eigenvalue weighted by Gasteiger charge is 2.34. The first-order valence-corrected chi connectivity index (χ1v) is 17.5. The molecule has 3 heterocycles. The number of benzene rings is 1. The predicted octanol–water partition coefficient (Wildman–Crippen LogP) is 6.55.